The van der Waals surface area contributed by atoms with Gasteiger partial charge in [-0.2, -0.15) is 0 Å². The summed E-state index contributed by atoms with van der Waals surface area (Å²) in [4.78, 5) is 27.4. The number of nitrogens with one attached hydrogen (secondary N) is 2. The Bertz CT molecular complexity index is 1020. The second-order valence-electron chi connectivity index (χ2n) is 6.45. The van der Waals surface area contributed by atoms with Crippen molar-refractivity contribution in [2.75, 3.05) is 12.4 Å². The molecule has 0 radical (unpaired) electrons. The van der Waals surface area contributed by atoms with Gasteiger partial charge in [0.2, 0.25) is 5.91 Å². The molecule has 0 saturated carbocycles. The highest BCUT2D eigenvalue weighted by Gasteiger charge is 2.09. The van der Waals surface area contributed by atoms with Crippen molar-refractivity contribution in [3.63, 3.8) is 0 Å². The summed E-state index contributed by atoms with van der Waals surface area (Å²) in [6.45, 7) is 4.02. The lowest BCUT2D eigenvalue weighted by atomic mass is 10.0. The molecule has 1 amide bonds. The van der Waals surface area contributed by atoms with E-state index in [-0.39, 0.29) is 17.9 Å². The molecule has 2 N–H and O–H groups in total. The van der Waals surface area contributed by atoms with Crippen molar-refractivity contribution < 1.29 is 9.53 Å². The number of benzene rings is 2. The first-order valence-corrected chi connectivity index (χ1v) is 8.53. The largest absolute Gasteiger partial charge is 0.497 e. The fourth-order valence-electron chi connectivity index (χ4n) is 3.07. The van der Waals surface area contributed by atoms with Crippen LogP contribution in [0.3, 0.4) is 0 Å². The lowest BCUT2D eigenvalue weighted by Gasteiger charge is -2.08. The number of aromatic nitrogens is 1. The molecule has 5 heteroatoms. The van der Waals surface area contributed by atoms with Gasteiger partial charge in [-0.1, -0.05) is 12.1 Å². The number of hydrogen-bond donors (Lipinski definition) is 2. The van der Waals surface area contributed by atoms with E-state index in [0.29, 0.717) is 23.4 Å². The molecule has 5 nitrogen and oxygen atoms in total. The molecule has 0 fully saturated rings. The zero-order valence-corrected chi connectivity index (χ0v) is 15.2. The van der Waals surface area contributed by atoms with Crippen LogP contribution in [-0.4, -0.2) is 18.0 Å². The summed E-state index contributed by atoms with van der Waals surface area (Å²) in [5.41, 5.74) is 4.20. The Kier molecular flexibility index (Phi) is 5.07. The second kappa shape index (κ2) is 7.44. The monoisotopic (exact) mass is 350 g/mol. The number of rotatable bonds is 5. The van der Waals surface area contributed by atoms with Gasteiger partial charge in [0.15, 0.2) is 0 Å². The van der Waals surface area contributed by atoms with E-state index in [2.05, 4.69) is 16.4 Å². The van der Waals surface area contributed by atoms with Crippen LogP contribution in [0.5, 0.6) is 5.75 Å². The fraction of sp³-hybridized carbons (Fsp3) is 0.238. The molecule has 134 valence electrons. The predicted octanol–water partition coefficient (Wildman–Crippen LogP) is 3.72. The molecule has 1 heterocycles. The lowest BCUT2D eigenvalue weighted by molar-refractivity contribution is -0.116. The van der Waals surface area contributed by atoms with Crippen LogP contribution in [0.1, 0.15) is 23.1 Å². The Balaban J connectivity index is 1.73. The first kappa shape index (κ1) is 17.7. The molecule has 1 aromatic heterocycles. The highest BCUT2D eigenvalue weighted by atomic mass is 16.5. The van der Waals surface area contributed by atoms with Crippen molar-refractivity contribution in [2.45, 2.75) is 26.7 Å². The smallest absolute Gasteiger partial charge is 0.251 e. The Morgan fingerprint density at radius 2 is 1.96 bits per heavy atom. The number of ether oxygens (including phenoxy) is 1. The number of amides is 1. The summed E-state index contributed by atoms with van der Waals surface area (Å²) < 4.78 is 5.15. The molecule has 0 unspecified atom stereocenters. The molecule has 0 aliphatic carbocycles. The first-order chi connectivity index (χ1) is 12.5. The summed E-state index contributed by atoms with van der Waals surface area (Å²) in [6, 6.07) is 13.1. The zero-order chi connectivity index (χ0) is 18.7. The van der Waals surface area contributed by atoms with E-state index >= 15 is 0 Å². The number of aromatic amines is 1. The SMILES string of the molecule is COc1cccc(NC(=O)CCc2cc3c(C)cc(C)cc3[nH]c2=O)c1. The molecule has 0 aliphatic rings. The van der Waals surface area contributed by atoms with Crippen LogP contribution in [0.2, 0.25) is 0 Å². The standard InChI is InChI=1S/C21H22N2O3/c1-13-9-14(2)18-11-15(21(25)23-19(18)10-13)7-8-20(24)22-16-5-4-6-17(12-16)26-3/h4-6,9-12H,7-8H2,1-3H3,(H,22,24)(H,23,25). The first-order valence-electron chi connectivity index (χ1n) is 8.53. The number of pyridine rings is 1. The fourth-order valence-corrected chi connectivity index (χ4v) is 3.07. The summed E-state index contributed by atoms with van der Waals surface area (Å²) in [5, 5.41) is 3.84. The maximum atomic E-state index is 12.3. The number of carbonyl (C=O) groups excluding carboxylic acids is 1. The summed E-state index contributed by atoms with van der Waals surface area (Å²) in [6.07, 6.45) is 0.616. The molecule has 0 spiro atoms. The van der Waals surface area contributed by atoms with Crippen LogP contribution >= 0.6 is 0 Å². The van der Waals surface area contributed by atoms with Crippen LogP contribution in [-0.2, 0) is 11.2 Å². The quantitative estimate of drug-likeness (QED) is 0.737. The molecule has 2 aromatic carbocycles. The zero-order valence-electron chi connectivity index (χ0n) is 15.2. The summed E-state index contributed by atoms with van der Waals surface area (Å²) in [7, 11) is 1.58. The van der Waals surface area contributed by atoms with Gasteiger partial charge >= 0.3 is 0 Å². The highest BCUT2D eigenvalue weighted by Crippen LogP contribution is 2.19. The number of hydrogen-bond acceptors (Lipinski definition) is 3. The van der Waals surface area contributed by atoms with E-state index < -0.39 is 0 Å². The minimum atomic E-state index is -0.142. The van der Waals surface area contributed by atoms with E-state index in [4.69, 9.17) is 4.74 Å². The number of methoxy groups -OCH3 is 1. The van der Waals surface area contributed by atoms with E-state index in [9.17, 15) is 9.59 Å². The van der Waals surface area contributed by atoms with Crippen molar-refractivity contribution in [1.82, 2.24) is 4.98 Å². The number of H-pyrrole nitrogens is 1. The van der Waals surface area contributed by atoms with Gasteiger partial charge in [0.25, 0.3) is 5.56 Å². The topological polar surface area (TPSA) is 71.2 Å². The van der Waals surface area contributed by atoms with E-state index in [1.807, 2.05) is 38.1 Å². The van der Waals surface area contributed by atoms with Gasteiger partial charge in [0.1, 0.15) is 5.75 Å². The molecule has 3 rings (SSSR count). The van der Waals surface area contributed by atoms with Crippen LogP contribution in [0, 0.1) is 13.8 Å². The Labute approximate surface area is 152 Å². The molecule has 0 aliphatic heterocycles. The summed E-state index contributed by atoms with van der Waals surface area (Å²) >= 11 is 0. The van der Waals surface area contributed by atoms with Crippen LogP contribution in [0.4, 0.5) is 5.69 Å². The van der Waals surface area contributed by atoms with Crippen LogP contribution in [0.15, 0.2) is 47.3 Å². The molecule has 26 heavy (non-hydrogen) atoms. The maximum absolute atomic E-state index is 12.3. The molecular formula is C21H22N2O3. The minimum Gasteiger partial charge on any atom is -0.497 e. The Morgan fingerprint density at radius 1 is 1.15 bits per heavy atom. The van der Waals surface area contributed by atoms with E-state index in [0.717, 1.165) is 22.0 Å². The molecule has 0 saturated heterocycles. The van der Waals surface area contributed by atoms with Gasteiger partial charge < -0.3 is 15.0 Å². The van der Waals surface area contributed by atoms with E-state index in [1.54, 1.807) is 19.2 Å². The molecule has 3 aromatic rings. The second-order valence-corrected chi connectivity index (χ2v) is 6.45. The number of anilines is 1. The molecule has 0 bridgehead atoms. The van der Waals surface area contributed by atoms with Crippen molar-refractivity contribution in [2.24, 2.45) is 0 Å². The predicted molar refractivity (Wildman–Crippen MR) is 104 cm³/mol. The van der Waals surface area contributed by atoms with Crippen molar-refractivity contribution in [1.29, 1.82) is 0 Å². The highest BCUT2D eigenvalue weighted by molar-refractivity contribution is 5.91. The Morgan fingerprint density at radius 3 is 2.73 bits per heavy atom. The maximum Gasteiger partial charge on any atom is 0.251 e. The average Bonchev–Trinajstić information content (AvgIpc) is 2.60. The lowest BCUT2D eigenvalue weighted by Crippen LogP contribution is -2.17. The number of fused-ring (bicyclic) bond motifs is 1. The van der Waals surface area contributed by atoms with Crippen LogP contribution in [0.25, 0.3) is 10.9 Å². The third-order valence-corrected chi connectivity index (χ3v) is 4.36. The molecular weight excluding hydrogens is 328 g/mol. The molecule has 0 atom stereocenters. The van der Waals surface area contributed by atoms with Crippen molar-refractivity contribution in [3.8, 4) is 5.75 Å². The normalized spacial score (nSPS) is 10.7. The third-order valence-electron chi connectivity index (χ3n) is 4.36. The summed E-state index contributed by atoms with van der Waals surface area (Å²) in [5.74, 6) is 0.540. The third kappa shape index (κ3) is 3.94. The van der Waals surface area contributed by atoms with E-state index in [1.165, 1.54) is 0 Å². The van der Waals surface area contributed by atoms with Gasteiger partial charge in [-0.05, 0) is 55.7 Å². The van der Waals surface area contributed by atoms with Gasteiger partial charge in [0.05, 0.1) is 7.11 Å². The van der Waals surface area contributed by atoms with Gasteiger partial charge in [-0.3, -0.25) is 9.59 Å². The van der Waals surface area contributed by atoms with Gasteiger partial charge in [0, 0.05) is 34.6 Å². The number of aryl methyl sites for hydroxylation is 3. The van der Waals surface area contributed by atoms with Gasteiger partial charge in [-0.15, -0.1) is 0 Å². The van der Waals surface area contributed by atoms with Gasteiger partial charge in [-0.25, -0.2) is 0 Å². The average molecular weight is 350 g/mol. The number of carbonyl (C=O) groups is 1. The Hall–Kier alpha value is -3.08. The van der Waals surface area contributed by atoms with Crippen molar-refractivity contribution >= 4 is 22.5 Å². The van der Waals surface area contributed by atoms with Crippen LogP contribution < -0.4 is 15.6 Å². The van der Waals surface area contributed by atoms with Crippen molar-refractivity contribution in [3.05, 3.63) is 69.5 Å². The minimum absolute atomic E-state index is 0.140.